The zero-order valence-electron chi connectivity index (χ0n) is 12.0. The summed E-state index contributed by atoms with van der Waals surface area (Å²) in [6.07, 6.45) is 5.69. The molecule has 0 amide bonds. The van der Waals surface area contributed by atoms with Crippen LogP contribution < -0.4 is 0 Å². The minimum atomic E-state index is -0.456. The number of hydrogen-bond donors (Lipinski definition) is 2. The van der Waals surface area contributed by atoms with Gasteiger partial charge in [0.25, 0.3) is 0 Å². The van der Waals surface area contributed by atoms with Gasteiger partial charge >= 0.3 is 0 Å². The second-order valence-corrected chi connectivity index (χ2v) is 6.19. The number of piperidine rings is 1. The Kier molecular flexibility index (Phi) is 5.43. The minimum absolute atomic E-state index is 0.0740. The molecule has 5 nitrogen and oxygen atoms in total. The smallest absolute Gasteiger partial charge is 0.0785 e. The maximum absolute atomic E-state index is 10.4. The summed E-state index contributed by atoms with van der Waals surface area (Å²) in [4.78, 5) is 2.23. The van der Waals surface area contributed by atoms with E-state index in [4.69, 9.17) is 11.6 Å². The third-order valence-corrected chi connectivity index (χ3v) is 4.57. The number of aliphatic hydroxyl groups excluding tert-OH is 2. The standard InChI is InChI=1S/C14H24ClN3O2/c1-2-3-14(11-19)4-5-17(10-13(14)20)6-7-18-9-12(15)8-16-18/h8-9,13,19-20H,2-7,10-11H2,1H3/t13-,14+/m0/s1. The fourth-order valence-electron chi connectivity index (χ4n) is 3.04. The molecule has 114 valence electrons. The molecule has 6 heteroatoms. The van der Waals surface area contributed by atoms with Crippen LogP contribution in [0.3, 0.4) is 0 Å². The summed E-state index contributed by atoms with van der Waals surface area (Å²) in [7, 11) is 0. The second-order valence-electron chi connectivity index (χ2n) is 5.76. The Bertz CT molecular complexity index is 426. The van der Waals surface area contributed by atoms with Crippen LogP contribution in [-0.2, 0) is 6.54 Å². The highest BCUT2D eigenvalue weighted by molar-refractivity contribution is 6.30. The Morgan fingerprint density at radius 1 is 1.50 bits per heavy atom. The highest BCUT2D eigenvalue weighted by atomic mass is 35.5. The maximum Gasteiger partial charge on any atom is 0.0785 e. The van der Waals surface area contributed by atoms with E-state index < -0.39 is 6.10 Å². The SMILES string of the molecule is CCC[C@]1(CO)CCN(CCn2cc(Cl)cn2)C[C@@H]1O. The van der Waals surface area contributed by atoms with Crippen LogP contribution in [0.25, 0.3) is 0 Å². The number of aromatic nitrogens is 2. The Labute approximate surface area is 125 Å². The van der Waals surface area contributed by atoms with Gasteiger partial charge in [-0.2, -0.15) is 5.10 Å². The quantitative estimate of drug-likeness (QED) is 0.833. The lowest BCUT2D eigenvalue weighted by molar-refractivity contribution is -0.0789. The van der Waals surface area contributed by atoms with Crippen molar-refractivity contribution in [1.82, 2.24) is 14.7 Å². The highest BCUT2D eigenvalue weighted by Crippen LogP contribution is 2.35. The third kappa shape index (κ3) is 3.52. The number of aliphatic hydroxyl groups is 2. The molecule has 1 aliphatic heterocycles. The predicted octanol–water partition coefficient (Wildman–Crippen LogP) is 1.38. The highest BCUT2D eigenvalue weighted by Gasteiger charge is 2.40. The summed E-state index contributed by atoms with van der Waals surface area (Å²) in [6, 6.07) is 0. The van der Waals surface area contributed by atoms with Gasteiger partial charge in [-0.05, 0) is 19.4 Å². The van der Waals surface area contributed by atoms with Gasteiger partial charge in [0.2, 0.25) is 0 Å². The van der Waals surface area contributed by atoms with Crippen molar-refractivity contribution in [2.24, 2.45) is 5.41 Å². The van der Waals surface area contributed by atoms with Gasteiger partial charge in [-0.25, -0.2) is 0 Å². The number of likely N-dealkylation sites (tertiary alicyclic amines) is 1. The predicted molar refractivity (Wildman–Crippen MR) is 78.7 cm³/mol. The number of hydrogen-bond acceptors (Lipinski definition) is 4. The van der Waals surface area contributed by atoms with Crippen LogP contribution in [0.1, 0.15) is 26.2 Å². The van der Waals surface area contributed by atoms with E-state index in [9.17, 15) is 10.2 Å². The Hall–Kier alpha value is -0.620. The molecule has 0 radical (unpaired) electrons. The molecular weight excluding hydrogens is 278 g/mol. The van der Waals surface area contributed by atoms with E-state index in [-0.39, 0.29) is 12.0 Å². The summed E-state index contributed by atoms with van der Waals surface area (Å²) in [5, 5.41) is 24.8. The van der Waals surface area contributed by atoms with Crippen LogP contribution in [-0.4, -0.2) is 57.2 Å². The van der Waals surface area contributed by atoms with Gasteiger partial charge in [0.05, 0.1) is 30.5 Å². The second kappa shape index (κ2) is 6.89. The van der Waals surface area contributed by atoms with E-state index >= 15 is 0 Å². The molecule has 2 N–H and O–H groups in total. The van der Waals surface area contributed by atoms with E-state index in [1.54, 1.807) is 12.4 Å². The summed E-state index contributed by atoms with van der Waals surface area (Å²) >= 11 is 5.83. The molecule has 1 aromatic heterocycles. The topological polar surface area (TPSA) is 61.5 Å². The lowest BCUT2D eigenvalue weighted by atomic mass is 9.73. The fraction of sp³-hybridized carbons (Fsp3) is 0.786. The Balaban J connectivity index is 1.85. The molecule has 2 rings (SSSR count). The van der Waals surface area contributed by atoms with Crippen molar-refractivity contribution in [1.29, 1.82) is 0 Å². The number of rotatable bonds is 6. The molecule has 0 saturated carbocycles. The van der Waals surface area contributed by atoms with Crippen molar-refractivity contribution in [3.63, 3.8) is 0 Å². The number of β-amino-alcohol motifs (C(OH)–C–C–N with tert-alkyl or cyclic N) is 1. The molecule has 0 aliphatic carbocycles. The molecule has 1 aliphatic rings. The maximum atomic E-state index is 10.4. The van der Waals surface area contributed by atoms with Crippen molar-refractivity contribution < 1.29 is 10.2 Å². The first-order valence-electron chi connectivity index (χ1n) is 7.29. The van der Waals surface area contributed by atoms with Crippen molar-refractivity contribution in [2.75, 3.05) is 26.2 Å². The zero-order chi connectivity index (χ0) is 14.6. The van der Waals surface area contributed by atoms with Crippen molar-refractivity contribution in [3.8, 4) is 0 Å². The van der Waals surface area contributed by atoms with Crippen LogP contribution in [0.5, 0.6) is 0 Å². The van der Waals surface area contributed by atoms with Gasteiger partial charge in [0.1, 0.15) is 0 Å². The molecule has 0 aromatic carbocycles. The van der Waals surface area contributed by atoms with Crippen LogP contribution in [0.15, 0.2) is 12.4 Å². The largest absolute Gasteiger partial charge is 0.396 e. The molecule has 1 saturated heterocycles. The number of halogens is 1. The number of nitrogens with zero attached hydrogens (tertiary/aromatic N) is 3. The van der Waals surface area contributed by atoms with E-state index in [1.165, 1.54) is 0 Å². The Morgan fingerprint density at radius 3 is 2.85 bits per heavy atom. The molecule has 2 atom stereocenters. The molecule has 1 fully saturated rings. The van der Waals surface area contributed by atoms with Gasteiger partial charge in [-0.15, -0.1) is 0 Å². The average Bonchev–Trinajstić information content (AvgIpc) is 2.85. The molecule has 0 unspecified atom stereocenters. The first-order valence-corrected chi connectivity index (χ1v) is 7.66. The minimum Gasteiger partial charge on any atom is -0.396 e. The molecule has 0 bridgehead atoms. The lowest BCUT2D eigenvalue weighted by Gasteiger charge is -2.44. The normalized spacial score (nSPS) is 27.9. The van der Waals surface area contributed by atoms with Crippen molar-refractivity contribution in [3.05, 3.63) is 17.4 Å². The van der Waals surface area contributed by atoms with Gasteiger partial charge in [-0.1, -0.05) is 24.9 Å². The average molecular weight is 302 g/mol. The summed E-state index contributed by atoms with van der Waals surface area (Å²) in [6.45, 7) is 5.30. The van der Waals surface area contributed by atoms with E-state index in [2.05, 4.69) is 16.9 Å². The van der Waals surface area contributed by atoms with Crippen LogP contribution >= 0.6 is 11.6 Å². The molecule has 0 spiro atoms. The first-order chi connectivity index (χ1) is 9.59. The van der Waals surface area contributed by atoms with E-state index in [0.29, 0.717) is 11.6 Å². The van der Waals surface area contributed by atoms with Gasteiger partial charge in [0.15, 0.2) is 0 Å². The first kappa shape index (κ1) is 15.8. The lowest BCUT2D eigenvalue weighted by Crippen LogP contribution is -2.53. The van der Waals surface area contributed by atoms with Gasteiger partial charge < -0.3 is 10.2 Å². The van der Waals surface area contributed by atoms with Crippen LogP contribution in [0.4, 0.5) is 0 Å². The fourth-order valence-corrected chi connectivity index (χ4v) is 3.19. The van der Waals surface area contributed by atoms with Crippen LogP contribution in [0.2, 0.25) is 5.02 Å². The molecule has 20 heavy (non-hydrogen) atoms. The van der Waals surface area contributed by atoms with Crippen molar-refractivity contribution in [2.45, 2.75) is 38.8 Å². The van der Waals surface area contributed by atoms with Crippen molar-refractivity contribution >= 4 is 11.6 Å². The molecule has 2 heterocycles. The van der Waals surface area contributed by atoms with E-state index in [0.717, 1.165) is 38.9 Å². The summed E-state index contributed by atoms with van der Waals surface area (Å²) < 4.78 is 1.81. The molecule has 1 aromatic rings. The third-order valence-electron chi connectivity index (χ3n) is 4.37. The zero-order valence-corrected chi connectivity index (χ0v) is 12.8. The van der Waals surface area contributed by atoms with Crippen LogP contribution in [0, 0.1) is 5.41 Å². The summed E-state index contributed by atoms with van der Waals surface area (Å²) in [5.41, 5.74) is -0.305. The van der Waals surface area contributed by atoms with Gasteiger partial charge in [0, 0.05) is 24.7 Å². The summed E-state index contributed by atoms with van der Waals surface area (Å²) in [5.74, 6) is 0. The van der Waals surface area contributed by atoms with E-state index in [1.807, 2.05) is 4.68 Å². The monoisotopic (exact) mass is 301 g/mol. The van der Waals surface area contributed by atoms with Gasteiger partial charge in [-0.3, -0.25) is 9.58 Å². The Morgan fingerprint density at radius 2 is 2.30 bits per heavy atom. The molecular formula is C14H24ClN3O2.